The summed E-state index contributed by atoms with van der Waals surface area (Å²) in [5, 5.41) is 23.8. The van der Waals surface area contributed by atoms with E-state index in [1.54, 1.807) is 43.3 Å². The van der Waals surface area contributed by atoms with Gasteiger partial charge in [-0.2, -0.15) is 0 Å². The van der Waals surface area contributed by atoms with Crippen molar-refractivity contribution in [3.05, 3.63) is 57.6 Å². The number of benzene rings is 2. The Morgan fingerprint density at radius 1 is 1.17 bits per heavy atom. The predicted molar refractivity (Wildman–Crippen MR) is 113 cm³/mol. The molecule has 0 radical (unpaired) electrons. The molecule has 0 saturated heterocycles. The number of rotatable bonds is 10. The molecule has 3 N–H and O–H groups in total. The molecule has 0 spiro atoms. The third kappa shape index (κ3) is 7.08. The Kier molecular flexibility index (Phi) is 9.04. The number of hydrogen-bond acceptors (Lipinski definition) is 6. The Labute approximate surface area is 180 Å². The Balaban J connectivity index is 1.89. The van der Waals surface area contributed by atoms with Gasteiger partial charge in [-0.3, -0.25) is 0 Å². The number of halogens is 2. The fourth-order valence-corrected chi connectivity index (χ4v) is 3.21. The van der Waals surface area contributed by atoms with Crippen LogP contribution in [0.2, 0.25) is 10.0 Å². The summed E-state index contributed by atoms with van der Waals surface area (Å²) in [6.07, 6.45) is -0.128. The van der Waals surface area contributed by atoms with Crippen LogP contribution >= 0.6 is 23.2 Å². The fraction of sp³-hybridized carbons (Fsp3) is 0.381. The summed E-state index contributed by atoms with van der Waals surface area (Å²) >= 11 is 12.5. The van der Waals surface area contributed by atoms with Crippen LogP contribution < -0.4 is 10.1 Å². The molecule has 0 fully saturated rings. The fourth-order valence-electron chi connectivity index (χ4n) is 2.72. The van der Waals surface area contributed by atoms with Gasteiger partial charge < -0.3 is 25.0 Å². The first-order valence-corrected chi connectivity index (χ1v) is 10.0. The SMILES string of the molecule is CCOC(=O)COc1cc(Cl)c(CCN[C@@H](C)[C@@H](O)c2ccc(O)cc2)cc1Cl. The molecule has 0 aliphatic heterocycles. The van der Waals surface area contributed by atoms with E-state index in [0.29, 0.717) is 34.3 Å². The zero-order valence-corrected chi connectivity index (χ0v) is 17.8. The van der Waals surface area contributed by atoms with Crippen molar-refractivity contribution >= 4 is 29.2 Å². The molecule has 0 bridgehead atoms. The van der Waals surface area contributed by atoms with E-state index in [1.807, 2.05) is 6.92 Å². The van der Waals surface area contributed by atoms with Crippen LogP contribution in [0.25, 0.3) is 0 Å². The first kappa shape index (κ1) is 23.3. The quantitative estimate of drug-likeness (QED) is 0.484. The summed E-state index contributed by atoms with van der Waals surface area (Å²) in [4.78, 5) is 11.4. The largest absolute Gasteiger partial charge is 0.508 e. The molecule has 29 heavy (non-hydrogen) atoms. The molecule has 6 nitrogen and oxygen atoms in total. The third-order valence-corrected chi connectivity index (χ3v) is 4.97. The summed E-state index contributed by atoms with van der Waals surface area (Å²) < 4.78 is 10.2. The second kappa shape index (κ2) is 11.3. The maximum atomic E-state index is 11.4. The van der Waals surface area contributed by atoms with Crippen LogP contribution in [0.4, 0.5) is 0 Å². The van der Waals surface area contributed by atoms with Crippen molar-refractivity contribution in [2.75, 3.05) is 19.8 Å². The maximum absolute atomic E-state index is 11.4. The standard InChI is InChI=1S/C21H25Cl2NO5/c1-3-28-20(26)12-29-19-11-17(22)15(10-18(19)23)8-9-24-13(2)21(27)14-4-6-16(25)7-5-14/h4-7,10-11,13,21,24-25,27H,3,8-9,12H2,1-2H3/t13-,21+/m0/s1. The number of hydrogen-bond donors (Lipinski definition) is 3. The van der Waals surface area contributed by atoms with Gasteiger partial charge in [-0.25, -0.2) is 4.79 Å². The van der Waals surface area contributed by atoms with E-state index in [2.05, 4.69) is 5.32 Å². The Hall–Kier alpha value is -1.99. The lowest BCUT2D eigenvalue weighted by molar-refractivity contribution is -0.145. The smallest absolute Gasteiger partial charge is 0.344 e. The minimum Gasteiger partial charge on any atom is -0.508 e. The van der Waals surface area contributed by atoms with Crippen molar-refractivity contribution in [3.63, 3.8) is 0 Å². The van der Waals surface area contributed by atoms with Gasteiger partial charge in [-0.05, 0) is 56.1 Å². The Morgan fingerprint density at radius 2 is 1.86 bits per heavy atom. The highest BCUT2D eigenvalue weighted by Gasteiger charge is 2.16. The second-order valence-electron chi connectivity index (χ2n) is 6.50. The monoisotopic (exact) mass is 441 g/mol. The van der Waals surface area contributed by atoms with E-state index in [-0.39, 0.29) is 25.0 Å². The highest BCUT2D eigenvalue weighted by atomic mass is 35.5. The van der Waals surface area contributed by atoms with Crippen molar-refractivity contribution in [3.8, 4) is 11.5 Å². The summed E-state index contributed by atoms with van der Waals surface area (Å²) in [6.45, 7) is 4.20. The molecule has 0 aliphatic carbocycles. The number of phenolic OH excluding ortho intramolecular Hbond substituents is 1. The molecule has 2 aromatic rings. The number of aliphatic hydroxyl groups is 1. The van der Waals surface area contributed by atoms with Crippen LogP contribution in [0.3, 0.4) is 0 Å². The minimum absolute atomic E-state index is 0.155. The van der Waals surface area contributed by atoms with E-state index >= 15 is 0 Å². The topological polar surface area (TPSA) is 88.0 Å². The Morgan fingerprint density at radius 3 is 2.52 bits per heavy atom. The van der Waals surface area contributed by atoms with Gasteiger partial charge in [0.2, 0.25) is 0 Å². The van der Waals surface area contributed by atoms with Crippen LogP contribution in [-0.2, 0) is 16.0 Å². The van der Waals surface area contributed by atoms with Crippen molar-refractivity contribution in [2.45, 2.75) is 32.4 Å². The summed E-state index contributed by atoms with van der Waals surface area (Å²) in [5.74, 6) is -0.00514. The maximum Gasteiger partial charge on any atom is 0.344 e. The molecular weight excluding hydrogens is 417 g/mol. The number of nitrogens with one attached hydrogen (secondary N) is 1. The molecule has 158 valence electrons. The van der Waals surface area contributed by atoms with Gasteiger partial charge in [0.25, 0.3) is 0 Å². The van der Waals surface area contributed by atoms with E-state index < -0.39 is 12.1 Å². The van der Waals surface area contributed by atoms with Crippen molar-refractivity contribution in [2.24, 2.45) is 0 Å². The third-order valence-electron chi connectivity index (χ3n) is 4.32. The molecule has 0 saturated carbocycles. The first-order chi connectivity index (χ1) is 13.8. The van der Waals surface area contributed by atoms with Crippen LogP contribution in [0.5, 0.6) is 11.5 Å². The number of carbonyl (C=O) groups excluding carboxylic acids is 1. The molecule has 0 aromatic heterocycles. The summed E-state index contributed by atoms with van der Waals surface area (Å²) in [7, 11) is 0. The molecule has 0 unspecified atom stereocenters. The lowest BCUT2D eigenvalue weighted by atomic mass is 10.0. The highest BCUT2D eigenvalue weighted by molar-refractivity contribution is 6.34. The lowest BCUT2D eigenvalue weighted by Crippen LogP contribution is -2.33. The average Bonchev–Trinajstić information content (AvgIpc) is 2.69. The minimum atomic E-state index is -0.715. The highest BCUT2D eigenvalue weighted by Crippen LogP contribution is 2.31. The van der Waals surface area contributed by atoms with Gasteiger partial charge in [-0.15, -0.1) is 0 Å². The van der Waals surface area contributed by atoms with Crippen molar-refractivity contribution < 1.29 is 24.5 Å². The van der Waals surface area contributed by atoms with Gasteiger partial charge in [-0.1, -0.05) is 35.3 Å². The van der Waals surface area contributed by atoms with Crippen LogP contribution in [0.1, 0.15) is 31.1 Å². The van der Waals surface area contributed by atoms with E-state index in [0.717, 1.165) is 5.56 Å². The zero-order valence-electron chi connectivity index (χ0n) is 16.3. The molecule has 8 heteroatoms. The van der Waals surface area contributed by atoms with E-state index in [9.17, 15) is 15.0 Å². The number of ether oxygens (including phenoxy) is 2. The normalized spacial score (nSPS) is 13.0. The van der Waals surface area contributed by atoms with E-state index in [1.165, 1.54) is 0 Å². The van der Waals surface area contributed by atoms with E-state index in [4.69, 9.17) is 32.7 Å². The zero-order chi connectivity index (χ0) is 21.4. The molecule has 2 rings (SSSR count). The van der Waals surface area contributed by atoms with Crippen LogP contribution in [-0.4, -0.2) is 42.0 Å². The lowest BCUT2D eigenvalue weighted by Gasteiger charge is -2.21. The van der Waals surface area contributed by atoms with Gasteiger partial charge >= 0.3 is 5.97 Å². The molecule has 2 atom stereocenters. The number of phenols is 1. The average molecular weight is 442 g/mol. The number of aromatic hydroxyl groups is 1. The first-order valence-electron chi connectivity index (χ1n) is 9.28. The number of carbonyl (C=O) groups is 1. The molecule has 0 heterocycles. The molecule has 2 aromatic carbocycles. The number of esters is 1. The number of aliphatic hydroxyl groups excluding tert-OH is 1. The second-order valence-corrected chi connectivity index (χ2v) is 7.31. The van der Waals surface area contributed by atoms with Gasteiger partial charge in [0.15, 0.2) is 6.61 Å². The molecular formula is C21H25Cl2NO5. The van der Waals surface area contributed by atoms with Crippen molar-refractivity contribution in [1.82, 2.24) is 5.32 Å². The van der Waals surface area contributed by atoms with Gasteiger partial charge in [0, 0.05) is 17.1 Å². The van der Waals surface area contributed by atoms with Crippen LogP contribution in [0.15, 0.2) is 36.4 Å². The van der Waals surface area contributed by atoms with Gasteiger partial charge in [0.1, 0.15) is 11.5 Å². The molecule has 0 aliphatic rings. The van der Waals surface area contributed by atoms with Crippen molar-refractivity contribution in [1.29, 1.82) is 0 Å². The summed E-state index contributed by atoms with van der Waals surface area (Å²) in [5.41, 5.74) is 1.53. The Bertz CT molecular complexity index is 813. The summed E-state index contributed by atoms with van der Waals surface area (Å²) in [6, 6.07) is 9.52. The predicted octanol–water partition coefficient (Wildman–Crippen LogP) is 3.90. The molecule has 0 amide bonds. The van der Waals surface area contributed by atoms with Crippen LogP contribution in [0, 0.1) is 0 Å². The van der Waals surface area contributed by atoms with Gasteiger partial charge in [0.05, 0.1) is 17.7 Å².